The van der Waals surface area contributed by atoms with Gasteiger partial charge in [0.15, 0.2) is 0 Å². The Morgan fingerprint density at radius 3 is 3.00 bits per heavy atom. The second-order valence-corrected chi connectivity index (χ2v) is 3.82. The molecule has 0 aromatic carbocycles. The van der Waals surface area contributed by atoms with E-state index in [0.717, 1.165) is 18.6 Å². The van der Waals surface area contributed by atoms with Gasteiger partial charge in [0.2, 0.25) is 5.88 Å². The summed E-state index contributed by atoms with van der Waals surface area (Å²) >= 11 is 0. The van der Waals surface area contributed by atoms with Crippen molar-refractivity contribution in [3.8, 4) is 5.88 Å². The molecule has 2 N–H and O–H groups in total. The predicted octanol–water partition coefficient (Wildman–Crippen LogP) is 1.27. The molecule has 4 nitrogen and oxygen atoms in total. The highest BCUT2D eigenvalue weighted by Gasteiger charge is 2.17. The maximum Gasteiger partial charge on any atom is 0.213 e. The zero-order valence-electron chi connectivity index (χ0n) is 8.85. The van der Waals surface area contributed by atoms with Crippen LogP contribution in [0.1, 0.15) is 24.9 Å². The quantitative estimate of drug-likeness (QED) is 0.812. The van der Waals surface area contributed by atoms with Crippen LogP contribution < -0.4 is 10.5 Å². The first-order chi connectivity index (χ1) is 7.25. The van der Waals surface area contributed by atoms with Crippen LogP contribution in [-0.2, 0) is 4.74 Å². The van der Waals surface area contributed by atoms with E-state index < -0.39 is 0 Å². The van der Waals surface area contributed by atoms with Crippen molar-refractivity contribution < 1.29 is 9.47 Å². The van der Waals surface area contributed by atoms with E-state index in [4.69, 9.17) is 15.2 Å². The van der Waals surface area contributed by atoms with Crippen molar-refractivity contribution >= 4 is 0 Å². The molecule has 1 saturated heterocycles. The third-order valence-corrected chi connectivity index (χ3v) is 2.46. The topological polar surface area (TPSA) is 57.4 Å². The molecule has 0 amide bonds. The summed E-state index contributed by atoms with van der Waals surface area (Å²) in [5.41, 5.74) is 6.75. The fourth-order valence-corrected chi connectivity index (χ4v) is 1.51. The third kappa shape index (κ3) is 2.67. The first-order valence-corrected chi connectivity index (χ1v) is 5.21. The van der Waals surface area contributed by atoms with Crippen molar-refractivity contribution in [3.63, 3.8) is 0 Å². The van der Waals surface area contributed by atoms with Gasteiger partial charge in [-0.05, 0) is 12.5 Å². The average Bonchev–Trinajstić information content (AvgIpc) is 2.71. The Morgan fingerprint density at radius 1 is 1.60 bits per heavy atom. The van der Waals surface area contributed by atoms with Gasteiger partial charge in [0, 0.05) is 24.7 Å². The van der Waals surface area contributed by atoms with Gasteiger partial charge in [-0.1, -0.05) is 6.07 Å². The second-order valence-electron chi connectivity index (χ2n) is 3.82. The molecule has 1 fully saturated rings. The summed E-state index contributed by atoms with van der Waals surface area (Å²) in [6.07, 6.45) is 2.85. The van der Waals surface area contributed by atoms with Gasteiger partial charge < -0.3 is 15.2 Å². The molecule has 0 aliphatic carbocycles. The van der Waals surface area contributed by atoms with E-state index in [0.29, 0.717) is 12.5 Å². The lowest BCUT2D eigenvalue weighted by Crippen LogP contribution is -2.16. The van der Waals surface area contributed by atoms with Crippen LogP contribution in [-0.4, -0.2) is 24.3 Å². The maximum absolute atomic E-state index is 5.73. The van der Waals surface area contributed by atoms with Crippen molar-refractivity contribution in [2.75, 3.05) is 13.2 Å². The molecular formula is C11H16N2O2. The standard InChI is InChI=1S/C11H16N2O2/c1-8(12)9-2-3-11(13-6-9)15-10-4-5-14-7-10/h2-3,6,8,10H,4-5,7,12H2,1H3/t8-,10?/m1/s1. The highest BCUT2D eigenvalue weighted by Crippen LogP contribution is 2.16. The molecule has 1 aromatic rings. The van der Waals surface area contributed by atoms with Crippen LogP contribution >= 0.6 is 0 Å². The fourth-order valence-electron chi connectivity index (χ4n) is 1.51. The minimum absolute atomic E-state index is 0.0152. The van der Waals surface area contributed by atoms with Crippen LogP contribution in [0.4, 0.5) is 0 Å². The predicted molar refractivity (Wildman–Crippen MR) is 56.7 cm³/mol. The van der Waals surface area contributed by atoms with Crippen LogP contribution in [0, 0.1) is 0 Å². The molecule has 1 unspecified atom stereocenters. The van der Waals surface area contributed by atoms with Gasteiger partial charge in [-0.15, -0.1) is 0 Å². The Morgan fingerprint density at radius 2 is 2.47 bits per heavy atom. The minimum Gasteiger partial charge on any atom is -0.472 e. The van der Waals surface area contributed by atoms with E-state index in [2.05, 4.69) is 4.98 Å². The van der Waals surface area contributed by atoms with Crippen molar-refractivity contribution in [2.45, 2.75) is 25.5 Å². The lowest BCUT2D eigenvalue weighted by Gasteiger charge is -2.11. The van der Waals surface area contributed by atoms with Gasteiger partial charge in [-0.2, -0.15) is 0 Å². The van der Waals surface area contributed by atoms with Crippen LogP contribution in [0.25, 0.3) is 0 Å². The molecule has 1 aliphatic rings. The molecule has 0 bridgehead atoms. The largest absolute Gasteiger partial charge is 0.472 e. The molecule has 0 saturated carbocycles. The first kappa shape index (κ1) is 10.4. The summed E-state index contributed by atoms with van der Waals surface area (Å²) in [7, 11) is 0. The highest BCUT2D eigenvalue weighted by molar-refractivity contribution is 5.20. The number of nitrogens with zero attached hydrogens (tertiary/aromatic N) is 1. The van der Waals surface area contributed by atoms with Gasteiger partial charge in [0.05, 0.1) is 13.2 Å². The van der Waals surface area contributed by atoms with Crippen molar-refractivity contribution in [2.24, 2.45) is 5.73 Å². The molecule has 4 heteroatoms. The van der Waals surface area contributed by atoms with Crippen LogP contribution in [0.2, 0.25) is 0 Å². The lowest BCUT2D eigenvalue weighted by molar-refractivity contribution is 0.138. The number of ether oxygens (including phenoxy) is 2. The second kappa shape index (κ2) is 4.59. The van der Waals surface area contributed by atoms with Crippen LogP contribution in [0.3, 0.4) is 0 Å². The molecule has 0 radical (unpaired) electrons. The van der Waals surface area contributed by atoms with Crippen molar-refractivity contribution in [1.82, 2.24) is 4.98 Å². The Kier molecular flexibility index (Phi) is 3.18. The molecule has 2 rings (SSSR count). The monoisotopic (exact) mass is 208 g/mol. The number of pyridine rings is 1. The van der Waals surface area contributed by atoms with E-state index in [9.17, 15) is 0 Å². The molecule has 1 aromatic heterocycles. The normalized spacial score (nSPS) is 22.7. The van der Waals surface area contributed by atoms with Crippen molar-refractivity contribution in [3.05, 3.63) is 23.9 Å². The summed E-state index contributed by atoms with van der Waals surface area (Å²) in [5, 5.41) is 0. The van der Waals surface area contributed by atoms with Gasteiger partial charge in [0.1, 0.15) is 6.10 Å². The van der Waals surface area contributed by atoms with Crippen LogP contribution in [0.5, 0.6) is 5.88 Å². The molecule has 82 valence electrons. The molecule has 0 spiro atoms. The number of aromatic nitrogens is 1. The molecular weight excluding hydrogens is 192 g/mol. The number of hydrogen-bond acceptors (Lipinski definition) is 4. The Hall–Kier alpha value is -1.13. The van der Waals surface area contributed by atoms with E-state index in [1.54, 1.807) is 6.20 Å². The zero-order chi connectivity index (χ0) is 10.7. The van der Waals surface area contributed by atoms with Gasteiger partial charge >= 0.3 is 0 Å². The van der Waals surface area contributed by atoms with Crippen LogP contribution in [0.15, 0.2) is 18.3 Å². The van der Waals surface area contributed by atoms with E-state index in [-0.39, 0.29) is 12.1 Å². The summed E-state index contributed by atoms with van der Waals surface area (Å²) in [6.45, 7) is 3.38. The minimum atomic E-state index is 0.0152. The molecule has 15 heavy (non-hydrogen) atoms. The summed E-state index contributed by atoms with van der Waals surface area (Å²) in [4.78, 5) is 4.21. The van der Waals surface area contributed by atoms with Gasteiger partial charge in [-0.25, -0.2) is 4.98 Å². The maximum atomic E-state index is 5.73. The molecule has 2 atom stereocenters. The van der Waals surface area contributed by atoms with E-state index >= 15 is 0 Å². The van der Waals surface area contributed by atoms with E-state index in [1.165, 1.54) is 0 Å². The molecule has 1 aliphatic heterocycles. The zero-order valence-corrected chi connectivity index (χ0v) is 8.85. The SMILES string of the molecule is C[C@@H](N)c1ccc(OC2CCOC2)nc1. The summed E-state index contributed by atoms with van der Waals surface area (Å²) in [5.74, 6) is 0.648. The average molecular weight is 208 g/mol. The smallest absolute Gasteiger partial charge is 0.213 e. The Labute approximate surface area is 89.4 Å². The first-order valence-electron chi connectivity index (χ1n) is 5.21. The molecule has 2 heterocycles. The number of rotatable bonds is 3. The summed E-state index contributed by atoms with van der Waals surface area (Å²) < 4.78 is 10.9. The fraction of sp³-hybridized carbons (Fsp3) is 0.545. The third-order valence-electron chi connectivity index (χ3n) is 2.46. The van der Waals surface area contributed by atoms with Crippen molar-refractivity contribution in [1.29, 1.82) is 0 Å². The van der Waals surface area contributed by atoms with E-state index in [1.807, 2.05) is 19.1 Å². The number of nitrogens with two attached hydrogens (primary N) is 1. The Balaban J connectivity index is 1.97. The van der Waals surface area contributed by atoms with Gasteiger partial charge in [0.25, 0.3) is 0 Å². The summed E-state index contributed by atoms with van der Waals surface area (Å²) in [6, 6.07) is 3.82. The number of hydrogen-bond donors (Lipinski definition) is 1. The highest BCUT2D eigenvalue weighted by atomic mass is 16.5. The lowest BCUT2D eigenvalue weighted by atomic mass is 10.2. The van der Waals surface area contributed by atoms with Gasteiger partial charge in [-0.3, -0.25) is 0 Å². The Bertz CT molecular complexity index is 305.